The molecular formula is C15H22N2O4. The molecule has 1 atom stereocenters. The number of hydrogen-bond donors (Lipinski definition) is 1. The molecule has 116 valence electrons. The van der Waals surface area contributed by atoms with Crippen LogP contribution in [0.2, 0.25) is 0 Å². The van der Waals surface area contributed by atoms with Gasteiger partial charge in [0.25, 0.3) is 0 Å². The van der Waals surface area contributed by atoms with Crippen molar-refractivity contribution < 1.29 is 19.0 Å². The second kappa shape index (κ2) is 6.67. The van der Waals surface area contributed by atoms with Crippen LogP contribution < -0.4 is 24.4 Å². The molecule has 6 heteroatoms. The first kappa shape index (κ1) is 15.4. The third-order valence-electron chi connectivity index (χ3n) is 3.62. The number of anilines is 1. The van der Waals surface area contributed by atoms with Crippen LogP contribution >= 0.6 is 0 Å². The standard InChI is InChI=1S/C15H22N2O4/c1-5-16-11-6-7-17(15(11)18)10-8-12(19-2)14(21-4)13(9-10)20-3/h8-9,11,16H,5-7H2,1-4H3. The minimum Gasteiger partial charge on any atom is -0.493 e. The van der Waals surface area contributed by atoms with Gasteiger partial charge in [-0.05, 0) is 13.0 Å². The average molecular weight is 294 g/mol. The Labute approximate surface area is 125 Å². The first-order valence-electron chi connectivity index (χ1n) is 7.01. The number of carbonyl (C=O) groups excluding carboxylic acids is 1. The molecule has 1 saturated heterocycles. The largest absolute Gasteiger partial charge is 0.493 e. The van der Waals surface area contributed by atoms with E-state index in [-0.39, 0.29) is 11.9 Å². The molecular weight excluding hydrogens is 272 g/mol. The maximum atomic E-state index is 12.4. The van der Waals surface area contributed by atoms with E-state index in [1.807, 2.05) is 6.92 Å². The van der Waals surface area contributed by atoms with Crippen LogP contribution in [-0.2, 0) is 4.79 Å². The molecule has 1 amide bonds. The predicted octanol–water partition coefficient (Wildman–Crippen LogP) is 1.43. The van der Waals surface area contributed by atoms with Crippen LogP contribution in [0.25, 0.3) is 0 Å². The molecule has 1 fully saturated rings. The second-order valence-electron chi connectivity index (χ2n) is 4.77. The molecule has 0 saturated carbocycles. The molecule has 1 aromatic carbocycles. The van der Waals surface area contributed by atoms with Crippen molar-refractivity contribution in [1.29, 1.82) is 0 Å². The van der Waals surface area contributed by atoms with Gasteiger partial charge >= 0.3 is 0 Å². The molecule has 21 heavy (non-hydrogen) atoms. The van der Waals surface area contributed by atoms with E-state index < -0.39 is 0 Å². The Morgan fingerprint density at radius 1 is 1.19 bits per heavy atom. The van der Waals surface area contributed by atoms with Crippen LogP contribution in [0.1, 0.15) is 13.3 Å². The molecule has 0 aliphatic carbocycles. The number of ether oxygens (including phenoxy) is 3. The van der Waals surface area contributed by atoms with Crippen LogP contribution in [0.4, 0.5) is 5.69 Å². The number of hydrogen-bond acceptors (Lipinski definition) is 5. The molecule has 1 aliphatic heterocycles. The van der Waals surface area contributed by atoms with Crippen molar-refractivity contribution in [2.45, 2.75) is 19.4 Å². The molecule has 1 unspecified atom stereocenters. The molecule has 0 spiro atoms. The van der Waals surface area contributed by atoms with E-state index in [2.05, 4.69) is 5.32 Å². The topological polar surface area (TPSA) is 60.0 Å². The lowest BCUT2D eigenvalue weighted by Crippen LogP contribution is -2.38. The van der Waals surface area contributed by atoms with Crippen molar-refractivity contribution in [1.82, 2.24) is 5.32 Å². The first-order valence-corrected chi connectivity index (χ1v) is 7.01. The maximum Gasteiger partial charge on any atom is 0.244 e. The van der Waals surface area contributed by atoms with E-state index in [1.165, 1.54) is 0 Å². The fourth-order valence-electron chi connectivity index (χ4n) is 2.60. The van der Waals surface area contributed by atoms with Crippen LogP contribution in [0.15, 0.2) is 12.1 Å². The molecule has 0 aromatic heterocycles. The highest BCUT2D eigenvalue weighted by molar-refractivity contribution is 6.00. The molecule has 0 bridgehead atoms. The van der Waals surface area contributed by atoms with Crippen LogP contribution in [-0.4, -0.2) is 46.4 Å². The number of amides is 1. The van der Waals surface area contributed by atoms with Crippen molar-refractivity contribution in [3.05, 3.63) is 12.1 Å². The Morgan fingerprint density at radius 3 is 2.29 bits per heavy atom. The van der Waals surface area contributed by atoms with Crippen molar-refractivity contribution in [3.8, 4) is 17.2 Å². The van der Waals surface area contributed by atoms with Crippen LogP contribution in [0, 0.1) is 0 Å². The van der Waals surface area contributed by atoms with Gasteiger partial charge in [-0.3, -0.25) is 4.79 Å². The highest BCUT2D eigenvalue weighted by atomic mass is 16.5. The van der Waals surface area contributed by atoms with Crippen molar-refractivity contribution in [2.75, 3.05) is 39.3 Å². The van der Waals surface area contributed by atoms with Crippen molar-refractivity contribution in [2.24, 2.45) is 0 Å². The molecule has 1 aromatic rings. The van der Waals surface area contributed by atoms with Gasteiger partial charge in [0, 0.05) is 18.7 Å². The highest BCUT2D eigenvalue weighted by Gasteiger charge is 2.32. The second-order valence-corrected chi connectivity index (χ2v) is 4.77. The Balaban J connectivity index is 2.34. The number of nitrogens with one attached hydrogen (secondary N) is 1. The maximum absolute atomic E-state index is 12.4. The van der Waals surface area contributed by atoms with Crippen LogP contribution in [0.5, 0.6) is 17.2 Å². The monoisotopic (exact) mass is 294 g/mol. The summed E-state index contributed by atoms with van der Waals surface area (Å²) in [7, 11) is 4.69. The first-order chi connectivity index (χ1) is 10.2. The summed E-state index contributed by atoms with van der Waals surface area (Å²) in [5.74, 6) is 1.70. The SMILES string of the molecule is CCNC1CCN(c2cc(OC)c(OC)c(OC)c2)C1=O. The Kier molecular flexibility index (Phi) is 4.90. The van der Waals surface area contributed by atoms with Crippen molar-refractivity contribution in [3.63, 3.8) is 0 Å². The van der Waals surface area contributed by atoms with Gasteiger partial charge in [0.2, 0.25) is 11.7 Å². The van der Waals surface area contributed by atoms with Crippen LogP contribution in [0.3, 0.4) is 0 Å². The average Bonchev–Trinajstić information content (AvgIpc) is 2.87. The van der Waals surface area contributed by atoms with E-state index >= 15 is 0 Å². The zero-order chi connectivity index (χ0) is 15.4. The summed E-state index contributed by atoms with van der Waals surface area (Å²) in [6, 6.07) is 3.48. The number of rotatable bonds is 6. The summed E-state index contributed by atoms with van der Waals surface area (Å²) >= 11 is 0. The van der Waals surface area contributed by atoms with Crippen molar-refractivity contribution >= 4 is 11.6 Å². The molecule has 1 N–H and O–H groups in total. The number of benzene rings is 1. The lowest BCUT2D eigenvalue weighted by atomic mass is 10.2. The van der Waals surface area contributed by atoms with Gasteiger partial charge in [-0.1, -0.05) is 6.92 Å². The zero-order valence-corrected chi connectivity index (χ0v) is 12.9. The quantitative estimate of drug-likeness (QED) is 0.860. The smallest absolute Gasteiger partial charge is 0.244 e. The predicted molar refractivity (Wildman–Crippen MR) is 80.5 cm³/mol. The number of carbonyl (C=O) groups is 1. The van der Waals surface area contributed by atoms with Gasteiger partial charge in [0.15, 0.2) is 11.5 Å². The lowest BCUT2D eigenvalue weighted by Gasteiger charge is -2.20. The Bertz CT molecular complexity index is 493. The molecule has 1 aliphatic rings. The highest BCUT2D eigenvalue weighted by Crippen LogP contribution is 2.41. The lowest BCUT2D eigenvalue weighted by molar-refractivity contribution is -0.118. The molecule has 6 nitrogen and oxygen atoms in total. The third kappa shape index (κ3) is 2.90. The summed E-state index contributed by atoms with van der Waals surface area (Å²) in [5, 5.41) is 3.20. The minimum atomic E-state index is -0.117. The van der Waals surface area contributed by atoms with E-state index in [4.69, 9.17) is 14.2 Å². The summed E-state index contributed by atoms with van der Waals surface area (Å²) in [6.45, 7) is 3.45. The van der Waals surface area contributed by atoms with E-state index in [0.717, 1.165) is 18.7 Å². The normalized spacial score (nSPS) is 18.0. The van der Waals surface area contributed by atoms with E-state index in [9.17, 15) is 4.79 Å². The van der Waals surface area contributed by atoms with E-state index in [1.54, 1.807) is 38.4 Å². The summed E-state index contributed by atoms with van der Waals surface area (Å²) < 4.78 is 16.0. The van der Waals surface area contributed by atoms with E-state index in [0.29, 0.717) is 23.8 Å². The van der Waals surface area contributed by atoms with Gasteiger partial charge in [-0.25, -0.2) is 0 Å². The molecule has 2 rings (SSSR count). The number of likely N-dealkylation sites (N-methyl/N-ethyl adjacent to an activating group) is 1. The van der Waals surface area contributed by atoms with Gasteiger partial charge in [0.1, 0.15) is 0 Å². The Hall–Kier alpha value is -1.95. The molecule has 0 radical (unpaired) electrons. The van der Waals surface area contributed by atoms with Gasteiger partial charge < -0.3 is 24.4 Å². The minimum absolute atomic E-state index is 0.0751. The third-order valence-corrected chi connectivity index (χ3v) is 3.62. The Morgan fingerprint density at radius 2 is 1.81 bits per heavy atom. The van der Waals surface area contributed by atoms with Gasteiger partial charge in [-0.15, -0.1) is 0 Å². The van der Waals surface area contributed by atoms with Gasteiger partial charge in [-0.2, -0.15) is 0 Å². The fourth-order valence-corrected chi connectivity index (χ4v) is 2.60. The summed E-state index contributed by atoms with van der Waals surface area (Å²) in [4.78, 5) is 14.1. The molecule has 1 heterocycles. The summed E-state index contributed by atoms with van der Waals surface area (Å²) in [6.07, 6.45) is 0.795. The van der Waals surface area contributed by atoms with Gasteiger partial charge in [0.05, 0.1) is 33.1 Å². The zero-order valence-electron chi connectivity index (χ0n) is 12.9. The fraction of sp³-hybridized carbons (Fsp3) is 0.533. The summed E-state index contributed by atoms with van der Waals surface area (Å²) in [5.41, 5.74) is 0.759. The number of methoxy groups -OCH3 is 3. The number of nitrogens with zero attached hydrogens (tertiary/aromatic N) is 1.